The summed E-state index contributed by atoms with van der Waals surface area (Å²) in [6.07, 6.45) is 1.87. The molecule has 0 radical (unpaired) electrons. The van der Waals surface area contributed by atoms with E-state index in [1.165, 1.54) is 11.3 Å². The van der Waals surface area contributed by atoms with E-state index in [4.69, 9.17) is 11.6 Å². The zero-order chi connectivity index (χ0) is 18.1. The fourth-order valence-corrected chi connectivity index (χ4v) is 3.94. The van der Waals surface area contributed by atoms with Gasteiger partial charge in [-0.1, -0.05) is 60.1 Å². The quantitative estimate of drug-likeness (QED) is 0.499. The normalized spacial score (nSPS) is 11.0. The minimum atomic E-state index is -0.0387. The number of carbonyl (C=O) groups excluding carboxylic acids is 1. The van der Waals surface area contributed by atoms with Crippen molar-refractivity contribution in [1.82, 2.24) is 14.3 Å². The Morgan fingerprint density at radius 1 is 1.15 bits per heavy atom. The number of fused-ring (bicyclic) bond motifs is 1. The second-order valence-corrected chi connectivity index (χ2v) is 7.27. The number of hydrogen-bond donors (Lipinski definition) is 0. The molecule has 2 heterocycles. The summed E-state index contributed by atoms with van der Waals surface area (Å²) in [6, 6.07) is 17.5. The van der Waals surface area contributed by atoms with Crippen LogP contribution in [0.25, 0.3) is 16.2 Å². The van der Waals surface area contributed by atoms with Crippen LogP contribution in [0.4, 0.5) is 0 Å². The summed E-state index contributed by atoms with van der Waals surface area (Å²) in [7, 11) is 1.81. The Labute approximate surface area is 160 Å². The van der Waals surface area contributed by atoms with Gasteiger partial charge >= 0.3 is 0 Å². The molecular weight excluding hydrogens is 366 g/mol. The number of rotatable bonds is 4. The van der Waals surface area contributed by atoms with Gasteiger partial charge in [-0.3, -0.25) is 9.20 Å². The topological polar surface area (TPSA) is 37.6 Å². The van der Waals surface area contributed by atoms with Gasteiger partial charge in [-0.15, -0.1) is 11.3 Å². The predicted molar refractivity (Wildman–Crippen MR) is 106 cm³/mol. The van der Waals surface area contributed by atoms with E-state index in [0.29, 0.717) is 17.3 Å². The average molecular weight is 382 g/mol. The molecule has 0 fully saturated rings. The summed E-state index contributed by atoms with van der Waals surface area (Å²) >= 11 is 7.72. The molecule has 0 atom stereocenters. The van der Waals surface area contributed by atoms with Crippen molar-refractivity contribution < 1.29 is 4.79 Å². The lowest BCUT2D eigenvalue weighted by atomic mass is 10.2. The first-order valence-corrected chi connectivity index (χ1v) is 9.40. The Morgan fingerprint density at radius 2 is 1.88 bits per heavy atom. The number of nitrogens with zero attached hydrogens (tertiary/aromatic N) is 3. The second kappa shape index (κ2) is 6.94. The number of aromatic nitrogens is 2. The maximum absolute atomic E-state index is 12.9. The van der Waals surface area contributed by atoms with Crippen molar-refractivity contribution in [3.8, 4) is 11.3 Å². The molecule has 2 aromatic carbocycles. The molecule has 2 aromatic heterocycles. The monoisotopic (exact) mass is 381 g/mol. The number of hydrogen-bond acceptors (Lipinski definition) is 3. The number of benzene rings is 2. The van der Waals surface area contributed by atoms with Gasteiger partial charge in [0.15, 0.2) is 4.96 Å². The van der Waals surface area contributed by atoms with Gasteiger partial charge in [0.2, 0.25) is 0 Å². The zero-order valence-corrected chi connectivity index (χ0v) is 15.7. The van der Waals surface area contributed by atoms with Crippen molar-refractivity contribution in [3.63, 3.8) is 0 Å². The minimum Gasteiger partial charge on any atom is -0.336 e. The van der Waals surface area contributed by atoms with Crippen LogP contribution in [0.5, 0.6) is 0 Å². The van der Waals surface area contributed by atoms with E-state index in [1.54, 1.807) is 4.90 Å². The molecule has 0 saturated carbocycles. The van der Waals surface area contributed by atoms with Crippen molar-refractivity contribution in [3.05, 3.63) is 82.5 Å². The van der Waals surface area contributed by atoms with Crippen molar-refractivity contribution in [1.29, 1.82) is 0 Å². The Bertz CT molecular complexity index is 1070. The molecule has 4 rings (SSSR count). The number of amides is 1. The highest BCUT2D eigenvalue weighted by Gasteiger charge is 2.19. The van der Waals surface area contributed by atoms with E-state index in [0.717, 1.165) is 21.8 Å². The van der Waals surface area contributed by atoms with E-state index in [-0.39, 0.29) is 5.91 Å². The summed E-state index contributed by atoms with van der Waals surface area (Å²) in [5.74, 6) is -0.0387. The molecule has 4 nitrogen and oxygen atoms in total. The van der Waals surface area contributed by atoms with Gasteiger partial charge in [-0.25, -0.2) is 4.98 Å². The van der Waals surface area contributed by atoms with Crippen LogP contribution in [0.15, 0.2) is 66.2 Å². The van der Waals surface area contributed by atoms with Crippen LogP contribution < -0.4 is 0 Å². The standard InChI is InChI=1S/C20H16ClN3OS/c1-23(11-14-7-3-2-4-8-14)19(25)18-13-26-20-22-17(12-24(18)20)15-9-5-6-10-16(15)21/h2-10,12-13H,11H2,1H3. The van der Waals surface area contributed by atoms with Crippen LogP contribution in [0.2, 0.25) is 5.02 Å². The fourth-order valence-electron chi connectivity index (χ4n) is 2.86. The first-order valence-electron chi connectivity index (χ1n) is 8.14. The smallest absolute Gasteiger partial charge is 0.271 e. The van der Waals surface area contributed by atoms with Gasteiger partial charge < -0.3 is 4.90 Å². The van der Waals surface area contributed by atoms with E-state index in [9.17, 15) is 4.79 Å². The maximum Gasteiger partial charge on any atom is 0.271 e. The average Bonchev–Trinajstić information content (AvgIpc) is 3.23. The largest absolute Gasteiger partial charge is 0.336 e. The molecule has 0 aliphatic carbocycles. The molecule has 6 heteroatoms. The molecule has 0 saturated heterocycles. The molecule has 1 amide bonds. The summed E-state index contributed by atoms with van der Waals surface area (Å²) in [6.45, 7) is 0.559. The van der Waals surface area contributed by atoms with Crippen molar-refractivity contribution in [2.45, 2.75) is 6.54 Å². The van der Waals surface area contributed by atoms with Gasteiger partial charge in [0.1, 0.15) is 5.69 Å². The summed E-state index contributed by atoms with van der Waals surface area (Å²) in [4.78, 5) is 20.0. The van der Waals surface area contributed by atoms with Gasteiger partial charge in [0, 0.05) is 30.7 Å². The number of thiazole rings is 1. The third-order valence-corrected chi connectivity index (χ3v) is 5.36. The lowest BCUT2D eigenvalue weighted by Crippen LogP contribution is -2.27. The lowest BCUT2D eigenvalue weighted by Gasteiger charge is -2.16. The SMILES string of the molecule is CN(Cc1ccccc1)C(=O)c1csc2nc(-c3ccccc3Cl)cn12. The van der Waals surface area contributed by atoms with Gasteiger partial charge in [0.25, 0.3) is 5.91 Å². The Morgan fingerprint density at radius 3 is 2.65 bits per heavy atom. The van der Waals surface area contributed by atoms with Gasteiger partial charge in [-0.05, 0) is 11.6 Å². The molecule has 0 spiro atoms. The van der Waals surface area contributed by atoms with Crippen molar-refractivity contribution in [2.24, 2.45) is 0 Å². The third-order valence-electron chi connectivity index (χ3n) is 4.19. The second-order valence-electron chi connectivity index (χ2n) is 6.03. The number of imidazole rings is 1. The minimum absolute atomic E-state index is 0.0387. The van der Waals surface area contributed by atoms with Gasteiger partial charge in [0.05, 0.1) is 10.7 Å². The molecule has 4 aromatic rings. The van der Waals surface area contributed by atoms with Crippen LogP contribution in [0, 0.1) is 0 Å². The molecule has 0 bridgehead atoms. The summed E-state index contributed by atoms with van der Waals surface area (Å²) in [5.41, 5.74) is 3.33. The predicted octanol–water partition coefficient (Wildman–Crippen LogP) is 4.99. The first-order chi connectivity index (χ1) is 12.6. The van der Waals surface area contributed by atoms with Crippen LogP contribution in [0.3, 0.4) is 0 Å². The highest BCUT2D eigenvalue weighted by Crippen LogP contribution is 2.29. The molecule has 0 unspecified atom stereocenters. The first kappa shape index (κ1) is 16.8. The highest BCUT2D eigenvalue weighted by molar-refractivity contribution is 7.15. The zero-order valence-electron chi connectivity index (χ0n) is 14.1. The van der Waals surface area contributed by atoms with Crippen LogP contribution in [-0.4, -0.2) is 27.2 Å². The van der Waals surface area contributed by atoms with Crippen LogP contribution >= 0.6 is 22.9 Å². The molecule has 0 aliphatic rings. The Hall–Kier alpha value is -2.63. The van der Waals surface area contributed by atoms with Crippen molar-refractivity contribution in [2.75, 3.05) is 7.05 Å². The fraction of sp³-hybridized carbons (Fsp3) is 0.100. The third kappa shape index (κ3) is 3.11. The molecular formula is C20H16ClN3OS. The lowest BCUT2D eigenvalue weighted by molar-refractivity contribution is 0.0778. The van der Waals surface area contributed by atoms with Crippen molar-refractivity contribution >= 4 is 33.8 Å². The van der Waals surface area contributed by atoms with E-state index >= 15 is 0 Å². The van der Waals surface area contributed by atoms with Crippen LogP contribution in [0.1, 0.15) is 16.1 Å². The molecule has 0 aliphatic heterocycles. The van der Waals surface area contributed by atoms with E-state index < -0.39 is 0 Å². The molecule has 0 N–H and O–H groups in total. The maximum atomic E-state index is 12.9. The Balaban J connectivity index is 1.64. The molecule has 130 valence electrons. The summed E-state index contributed by atoms with van der Waals surface area (Å²) < 4.78 is 1.84. The van der Waals surface area contributed by atoms with Gasteiger partial charge in [-0.2, -0.15) is 0 Å². The Kier molecular flexibility index (Phi) is 4.49. The number of carbonyl (C=O) groups is 1. The van der Waals surface area contributed by atoms with Crippen LogP contribution in [-0.2, 0) is 6.54 Å². The number of halogens is 1. The highest BCUT2D eigenvalue weighted by atomic mass is 35.5. The van der Waals surface area contributed by atoms with E-state index in [1.807, 2.05) is 77.6 Å². The molecule has 26 heavy (non-hydrogen) atoms. The van der Waals surface area contributed by atoms with E-state index in [2.05, 4.69) is 4.98 Å². The summed E-state index contributed by atoms with van der Waals surface area (Å²) in [5, 5.41) is 2.50.